The van der Waals surface area contributed by atoms with Crippen LogP contribution in [-0.2, 0) is 4.74 Å². The van der Waals surface area contributed by atoms with Gasteiger partial charge in [-0.2, -0.15) is 0 Å². The van der Waals surface area contributed by atoms with Gasteiger partial charge < -0.3 is 4.74 Å². The zero-order valence-corrected chi connectivity index (χ0v) is 9.53. The monoisotopic (exact) mass is 206 g/mol. The fourth-order valence-electron chi connectivity index (χ4n) is 5.39. The summed E-state index contributed by atoms with van der Waals surface area (Å²) in [6.07, 6.45) is 11.2. The predicted octanol–water partition coefficient (Wildman–Crippen LogP) is 3.24. The van der Waals surface area contributed by atoms with Crippen LogP contribution < -0.4 is 0 Å². The molecule has 4 fully saturated rings. The smallest absolute Gasteiger partial charge is 0.0635 e. The molecule has 84 valence electrons. The minimum absolute atomic E-state index is 0.687. The summed E-state index contributed by atoms with van der Waals surface area (Å²) in [5, 5.41) is 0. The van der Waals surface area contributed by atoms with Gasteiger partial charge in [-0.15, -0.1) is 0 Å². The Morgan fingerprint density at radius 2 is 1.73 bits per heavy atom. The highest BCUT2D eigenvalue weighted by Gasteiger charge is 2.50. The molecule has 6 unspecified atom stereocenters. The second kappa shape index (κ2) is 3.23. The fraction of sp³-hybridized carbons (Fsp3) is 1.00. The first-order valence-electron chi connectivity index (χ1n) is 7.03. The Hall–Kier alpha value is -0.0400. The Kier molecular flexibility index (Phi) is 1.94. The highest BCUT2D eigenvalue weighted by molar-refractivity contribution is 5.00. The molecule has 6 atom stereocenters. The van der Waals surface area contributed by atoms with Gasteiger partial charge in [-0.1, -0.05) is 12.8 Å². The topological polar surface area (TPSA) is 9.23 Å². The van der Waals surface area contributed by atoms with E-state index in [-0.39, 0.29) is 0 Å². The van der Waals surface area contributed by atoms with Gasteiger partial charge in [0.05, 0.1) is 6.10 Å². The van der Waals surface area contributed by atoms with Gasteiger partial charge in [0, 0.05) is 6.61 Å². The van der Waals surface area contributed by atoms with Crippen LogP contribution in [0.5, 0.6) is 0 Å². The molecule has 0 spiro atoms. The van der Waals surface area contributed by atoms with E-state index < -0.39 is 0 Å². The lowest BCUT2D eigenvalue weighted by Crippen LogP contribution is -2.44. The van der Waals surface area contributed by atoms with E-state index in [9.17, 15) is 0 Å². The van der Waals surface area contributed by atoms with Gasteiger partial charge in [-0.25, -0.2) is 0 Å². The molecule has 2 bridgehead atoms. The molecular weight excluding hydrogens is 184 g/mol. The molecular formula is C14H22O. The molecule has 0 N–H and O–H groups in total. The van der Waals surface area contributed by atoms with E-state index in [0.717, 1.165) is 36.2 Å². The normalized spacial score (nSPS) is 57.6. The maximum Gasteiger partial charge on any atom is 0.0635 e. The maximum atomic E-state index is 6.05. The van der Waals surface area contributed by atoms with Crippen LogP contribution in [0.3, 0.4) is 0 Å². The van der Waals surface area contributed by atoms with Crippen LogP contribution >= 0.6 is 0 Å². The van der Waals surface area contributed by atoms with Crippen LogP contribution in [0.1, 0.15) is 44.9 Å². The van der Waals surface area contributed by atoms with Gasteiger partial charge in [-0.05, 0) is 61.7 Å². The first-order valence-corrected chi connectivity index (χ1v) is 7.03. The van der Waals surface area contributed by atoms with E-state index in [1.807, 2.05) is 0 Å². The molecule has 0 radical (unpaired) electrons. The van der Waals surface area contributed by atoms with E-state index >= 15 is 0 Å². The SMILES string of the molecule is C1CC2CC3CC4CCOC4C(C3)C2C1. The second-order valence-corrected chi connectivity index (χ2v) is 6.48. The lowest BCUT2D eigenvalue weighted by molar-refractivity contribution is -0.0581. The van der Waals surface area contributed by atoms with Crippen molar-refractivity contribution in [3.63, 3.8) is 0 Å². The minimum atomic E-state index is 0.687. The third-order valence-corrected chi connectivity index (χ3v) is 5.83. The average molecular weight is 206 g/mol. The Bertz CT molecular complexity index is 238. The average Bonchev–Trinajstić information content (AvgIpc) is 2.84. The van der Waals surface area contributed by atoms with Gasteiger partial charge in [0.2, 0.25) is 0 Å². The molecule has 1 heteroatoms. The van der Waals surface area contributed by atoms with Crippen molar-refractivity contribution in [2.24, 2.45) is 29.6 Å². The van der Waals surface area contributed by atoms with E-state index in [4.69, 9.17) is 4.74 Å². The van der Waals surface area contributed by atoms with Crippen LogP contribution in [0, 0.1) is 29.6 Å². The molecule has 1 aliphatic heterocycles. The molecule has 15 heavy (non-hydrogen) atoms. The number of hydrogen-bond acceptors (Lipinski definition) is 1. The van der Waals surface area contributed by atoms with E-state index in [0.29, 0.717) is 6.10 Å². The predicted molar refractivity (Wildman–Crippen MR) is 59.5 cm³/mol. The molecule has 4 rings (SSSR count). The van der Waals surface area contributed by atoms with Crippen molar-refractivity contribution in [1.82, 2.24) is 0 Å². The van der Waals surface area contributed by atoms with Crippen molar-refractivity contribution in [1.29, 1.82) is 0 Å². The first-order chi connectivity index (χ1) is 7.42. The third kappa shape index (κ3) is 1.25. The van der Waals surface area contributed by atoms with Crippen molar-refractivity contribution >= 4 is 0 Å². The van der Waals surface area contributed by atoms with Gasteiger partial charge in [0.15, 0.2) is 0 Å². The molecule has 3 saturated carbocycles. The van der Waals surface area contributed by atoms with Gasteiger partial charge in [-0.3, -0.25) is 0 Å². The van der Waals surface area contributed by atoms with Crippen molar-refractivity contribution < 1.29 is 4.74 Å². The first kappa shape index (κ1) is 9.04. The molecule has 0 aromatic heterocycles. The number of hydrogen-bond donors (Lipinski definition) is 0. The minimum Gasteiger partial charge on any atom is -0.378 e. The highest BCUT2D eigenvalue weighted by Crippen LogP contribution is 2.56. The summed E-state index contributed by atoms with van der Waals surface area (Å²) >= 11 is 0. The molecule has 0 amide bonds. The number of ether oxygens (including phenoxy) is 1. The van der Waals surface area contributed by atoms with E-state index in [1.165, 1.54) is 38.5 Å². The lowest BCUT2D eigenvalue weighted by atomic mass is 9.59. The standard InChI is InChI=1S/C14H22O/c1-2-10-6-9-7-11-4-5-15-14(11)13(8-9)12(10)3-1/h9-14H,1-8H2. The van der Waals surface area contributed by atoms with Gasteiger partial charge >= 0.3 is 0 Å². The van der Waals surface area contributed by atoms with Crippen LogP contribution in [0.4, 0.5) is 0 Å². The molecule has 1 nitrogen and oxygen atoms in total. The quantitative estimate of drug-likeness (QED) is 0.591. The molecule has 0 aromatic rings. The highest BCUT2D eigenvalue weighted by atomic mass is 16.5. The summed E-state index contributed by atoms with van der Waals surface area (Å²) in [7, 11) is 0. The van der Waals surface area contributed by atoms with Crippen LogP contribution in [0.15, 0.2) is 0 Å². The van der Waals surface area contributed by atoms with Crippen molar-refractivity contribution in [2.45, 2.75) is 51.0 Å². The Balaban J connectivity index is 1.65. The molecule has 0 aromatic carbocycles. The van der Waals surface area contributed by atoms with Gasteiger partial charge in [0.25, 0.3) is 0 Å². The molecule has 4 aliphatic rings. The van der Waals surface area contributed by atoms with Crippen molar-refractivity contribution in [3.05, 3.63) is 0 Å². The summed E-state index contributed by atoms with van der Waals surface area (Å²) in [6, 6.07) is 0. The van der Waals surface area contributed by atoms with Crippen molar-refractivity contribution in [2.75, 3.05) is 6.61 Å². The van der Waals surface area contributed by atoms with Crippen LogP contribution in [0.25, 0.3) is 0 Å². The largest absolute Gasteiger partial charge is 0.378 e. The zero-order valence-electron chi connectivity index (χ0n) is 9.53. The summed E-state index contributed by atoms with van der Waals surface area (Å²) in [4.78, 5) is 0. The van der Waals surface area contributed by atoms with E-state index in [2.05, 4.69) is 0 Å². The Morgan fingerprint density at radius 3 is 2.73 bits per heavy atom. The fourth-order valence-corrected chi connectivity index (χ4v) is 5.39. The summed E-state index contributed by atoms with van der Waals surface area (Å²) in [5.41, 5.74) is 0. The molecule has 1 heterocycles. The van der Waals surface area contributed by atoms with E-state index in [1.54, 1.807) is 6.42 Å². The summed E-state index contributed by atoms with van der Waals surface area (Å²) < 4.78 is 6.05. The van der Waals surface area contributed by atoms with Gasteiger partial charge in [0.1, 0.15) is 0 Å². The molecule has 1 saturated heterocycles. The zero-order chi connectivity index (χ0) is 9.83. The molecule has 3 aliphatic carbocycles. The van der Waals surface area contributed by atoms with Crippen molar-refractivity contribution in [3.8, 4) is 0 Å². The third-order valence-electron chi connectivity index (χ3n) is 5.83. The Labute approximate surface area is 92.6 Å². The lowest BCUT2D eigenvalue weighted by Gasteiger charge is -2.47. The number of rotatable bonds is 0. The van der Waals surface area contributed by atoms with Crippen LogP contribution in [-0.4, -0.2) is 12.7 Å². The maximum absolute atomic E-state index is 6.05. The summed E-state index contributed by atoms with van der Waals surface area (Å²) in [6.45, 7) is 1.07. The second-order valence-electron chi connectivity index (χ2n) is 6.48. The van der Waals surface area contributed by atoms with Crippen LogP contribution in [0.2, 0.25) is 0 Å². The summed E-state index contributed by atoms with van der Waals surface area (Å²) in [5.74, 6) is 5.16. The number of fused-ring (bicyclic) bond motifs is 6. The Morgan fingerprint density at radius 1 is 0.800 bits per heavy atom.